The van der Waals surface area contributed by atoms with Crippen LogP contribution in [0.5, 0.6) is 0 Å². The number of hydrogen-bond acceptors (Lipinski definition) is 1. The molecule has 2 heteroatoms. The van der Waals surface area contributed by atoms with Crippen LogP contribution in [-0.4, -0.2) is 11.1 Å². The Morgan fingerprint density at radius 1 is 1.33 bits per heavy atom. The maximum atomic E-state index is 10.6. The lowest BCUT2D eigenvalue weighted by molar-refractivity contribution is -0.137. The van der Waals surface area contributed by atoms with Crippen molar-refractivity contribution in [2.75, 3.05) is 0 Å². The fourth-order valence-electron chi connectivity index (χ4n) is 1.75. The third-order valence-corrected chi connectivity index (χ3v) is 3.14. The van der Waals surface area contributed by atoms with Gasteiger partial charge in [-0.3, -0.25) is 4.79 Å². The van der Waals surface area contributed by atoms with Crippen molar-refractivity contribution in [3.05, 3.63) is 35.9 Å². The molecule has 0 aliphatic heterocycles. The molecule has 1 aromatic rings. The van der Waals surface area contributed by atoms with Crippen LogP contribution in [0.25, 0.3) is 0 Å². The third-order valence-electron chi connectivity index (χ3n) is 3.14. The lowest BCUT2D eigenvalue weighted by Crippen LogP contribution is -2.22. The third kappa shape index (κ3) is 3.08. The van der Waals surface area contributed by atoms with Crippen molar-refractivity contribution in [2.24, 2.45) is 0 Å². The van der Waals surface area contributed by atoms with Crippen LogP contribution >= 0.6 is 0 Å². The molecule has 0 bridgehead atoms. The lowest BCUT2D eigenvalue weighted by Gasteiger charge is -2.28. The fourth-order valence-corrected chi connectivity index (χ4v) is 1.75. The minimum atomic E-state index is -0.717. The molecule has 0 radical (unpaired) electrons. The minimum Gasteiger partial charge on any atom is -0.481 e. The predicted octanol–water partition coefficient (Wildman–Crippen LogP) is 3.22. The molecule has 1 rings (SSSR count). The van der Waals surface area contributed by atoms with Gasteiger partial charge in [-0.15, -0.1) is 0 Å². The van der Waals surface area contributed by atoms with E-state index in [1.807, 2.05) is 18.2 Å². The van der Waals surface area contributed by atoms with E-state index in [1.54, 1.807) is 0 Å². The Morgan fingerprint density at radius 3 is 2.40 bits per heavy atom. The van der Waals surface area contributed by atoms with E-state index in [0.29, 0.717) is 6.42 Å². The molecule has 1 unspecified atom stereocenters. The van der Waals surface area contributed by atoms with Crippen LogP contribution in [-0.2, 0) is 10.2 Å². The second-order valence-electron chi connectivity index (χ2n) is 4.17. The summed E-state index contributed by atoms with van der Waals surface area (Å²) in [5, 5.41) is 8.72. The Balaban J connectivity index is 2.80. The highest BCUT2D eigenvalue weighted by Gasteiger charge is 2.24. The first-order valence-corrected chi connectivity index (χ1v) is 5.36. The van der Waals surface area contributed by atoms with Crippen LogP contribution in [0.15, 0.2) is 30.3 Å². The molecule has 0 saturated carbocycles. The molecule has 0 heterocycles. The van der Waals surface area contributed by atoms with Gasteiger partial charge in [-0.25, -0.2) is 0 Å². The smallest absolute Gasteiger partial charge is 0.303 e. The summed E-state index contributed by atoms with van der Waals surface area (Å²) >= 11 is 0. The normalized spacial score (nSPS) is 14.5. The number of hydrogen-bond donors (Lipinski definition) is 1. The number of aliphatic carboxylic acids is 1. The molecule has 1 aromatic carbocycles. The van der Waals surface area contributed by atoms with Crippen molar-refractivity contribution in [2.45, 2.75) is 38.5 Å². The number of carbonyl (C=O) groups is 1. The van der Waals surface area contributed by atoms with E-state index >= 15 is 0 Å². The van der Waals surface area contributed by atoms with Gasteiger partial charge in [0.05, 0.1) is 0 Å². The zero-order valence-corrected chi connectivity index (χ0v) is 9.36. The van der Waals surface area contributed by atoms with Crippen molar-refractivity contribution in [1.29, 1.82) is 0 Å². The summed E-state index contributed by atoms with van der Waals surface area (Å²) in [5.74, 6) is -0.717. The molecule has 15 heavy (non-hydrogen) atoms. The molecule has 82 valence electrons. The summed E-state index contributed by atoms with van der Waals surface area (Å²) < 4.78 is 0. The predicted molar refractivity (Wildman–Crippen MR) is 61.0 cm³/mol. The van der Waals surface area contributed by atoms with Gasteiger partial charge < -0.3 is 5.11 Å². The highest BCUT2D eigenvalue weighted by molar-refractivity contribution is 5.66. The lowest BCUT2D eigenvalue weighted by atomic mass is 9.76. The first-order valence-electron chi connectivity index (χ1n) is 5.36. The van der Waals surface area contributed by atoms with Crippen LogP contribution in [0.1, 0.15) is 38.7 Å². The van der Waals surface area contributed by atoms with E-state index < -0.39 is 5.97 Å². The highest BCUT2D eigenvalue weighted by atomic mass is 16.4. The maximum absolute atomic E-state index is 10.6. The Labute approximate surface area is 90.9 Å². The number of carboxylic acid groups (broad SMARTS) is 1. The Kier molecular flexibility index (Phi) is 3.89. The Morgan fingerprint density at radius 2 is 1.93 bits per heavy atom. The second-order valence-corrected chi connectivity index (χ2v) is 4.17. The van der Waals surface area contributed by atoms with Crippen molar-refractivity contribution < 1.29 is 9.90 Å². The van der Waals surface area contributed by atoms with Gasteiger partial charge in [-0.1, -0.05) is 44.2 Å². The van der Waals surface area contributed by atoms with E-state index in [0.717, 1.165) is 6.42 Å². The van der Waals surface area contributed by atoms with Gasteiger partial charge in [0.1, 0.15) is 0 Å². The van der Waals surface area contributed by atoms with Gasteiger partial charge in [0, 0.05) is 6.42 Å². The van der Waals surface area contributed by atoms with Gasteiger partial charge in [0.25, 0.3) is 0 Å². The van der Waals surface area contributed by atoms with Crippen LogP contribution in [0.4, 0.5) is 0 Å². The molecule has 0 fully saturated rings. The largest absolute Gasteiger partial charge is 0.481 e. The first-order chi connectivity index (χ1) is 7.08. The Bertz CT molecular complexity index is 319. The van der Waals surface area contributed by atoms with Crippen molar-refractivity contribution in [3.8, 4) is 0 Å². The molecule has 0 aromatic heterocycles. The SMILES string of the molecule is CCC(C)(CCC(=O)O)c1ccccc1. The van der Waals surface area contributed by atoms with Crippen LogP contribution in [0.2, 0.25) is 0 Å². The summed E-state index contributed by atoms with van der Waals surface area (Å²) in [7, 11) is 0. The summed E-state index contributed by atoms with van der Waals surface area (Å²) in [5.41, 5.74) is 1.22. The van der Waals surface area contributed by atoms with Crippen LogP contribution in [0, 0.1) is 0 Å². The summed E-state index contributed by atoms with van der Waals surface area (Å²) in [6, 6.07) is 10.1. The second kappa shape index (κ2) is 4.96. The van der Waals surface area contributed by atoms with Crippen molar-refractivity contribution >= 4 is 5.97 Å². The number of benzene rings is 1. The van der Waals surface area contributed by atoms with Crippen molar-refractivity contribution in [1.82, 2.24) is 0 Å². The fraction of sp³-hybridized carbons (Fsp3) is 0.462. The van der Waals surface area contributed by atoms with E-state index in [9.17, 15) is 4.79 Å². The van der Waals surface area contributed by atoms with E-state index in [4.69, 9.17) is 5.11 Å². The number of carboxylic acids is 1. The van der Waals surface area contributed by atoms with Gasteiger partial charge in [-0.05, 0) is 23.8 Å². The van der Waals surface area contributed by atoms with E-state index in [1.165, 1.54) is 5.56 Å². The molecular weight excluding hydrogens is 188 g/mol. The molecule has 1 atom stereocenters. The van der Waals surface area contributed by atoms with E-state index in [2.05, 4.69) is 26.0 Å². The van der Waals surface area contributed by atoms with Gasteiger partial charge >= 0.3 is 5.97 Å². The molecule has 2 nitrogen and oxygen atoms in total. The first kappa shape index (κ1) is 11.8. The quantitative estimate of drug-likeness (QED) is 0.803. The zero-order valence-electron chi connectivity index (χ0n) is 9.36. The van der Waals surface area contributed by atoms with Gasteiger partial charge in [0.2, 0.25) is 0 Å². The maximum Gasteiger partial charge on any atom is 0.303 e. The molecule has 0 aliphatic carbocycles. The van der Waals surface area contributed by atoms with Gasteiger partial charge in [0.15, 0.2) is 0 Å². The molecular formula is C13H18O2. The average molecular weight is 206 g/mol. The summed E-state index contributed by atoms with van der Waals surface area (Å²) in [4.78, 5) is 10.6. The van der Waals surface area contributed by atoms with Crippen LogP contribution < -0.4 is 0 Å². The van der Waals surface area contributed by atoms with Crippen LogP contribution in [0.3, 0.4) is 0 Å². The summed E-state index contributed by atoms with van der Waals surface area (Å²) in [6.07, 6.45) is 1.90. The molecule has 0 amide bonds. The van der Waals surface area contributed by atoms with E-state index in [-0.39, 0.29) is 11.8 Å². The summed E-state index contributed by atoms with van der Waals surface area (Å²) in [6.45, 7) is 4.24. The van der Waals surface area contributed by atoms with Crippen molar-refractivity contribution in [3.63, 3.8) is 0 Å². The van der Waals surface area contributed by atoms with Gasteiger partial charge in [-0.2, -0.15) is 0 Å². The Hall–Kier alpha value is -1.31. The molecule has 0 spiro atoms. The molecule has 1 N–H and O–H groups in total. The molecule has 0 aliphatic rings. The average Bonchev–Trinajstić information content (AvgIpc) is 2.27. The minimum absolute atomic E-state index is 0.0142. The topological polar surface area (TPSA) is 37.3 Å². The monoisotopic (exact) mass is 206 g/mol. The zero-order chi connectivity index (χ0) is 11.3. The number of rotatable bonds is 5. The molecule has 0 saturated heterocycles. The highest BCUT2D eigenvalue weighted by Crippen LogP contribution is 2.32. The standard InChI is InChI=1S/C13H18O2/c1-3-13(2,10-9-12(14)15)11-7-5-4-6-8-11/h4-8H,3,9-10H2,1-2H3,(H,14,15).